The summed E-state index contributed by atoms with van der Waals surface area (Å²) in [6.45, 7) is 1.40. The molecule has 0 atom stereocenters. The minimum Gasteiger partial charge on any atom is -0.393 e. The Morgan fingerprint density at radius 1 is 1.06 bits per heavy atom. The Labute approximate surface area is 187 Å². The molecule has 4 N–H and O–H groups in total. The maximum absolute atomic E-state index is 13.6. The molecule has 1 aliphatic carbocycles. The minimum absolute atomic E-state index is 0.0668. The molecule has 0 bridgehead atoms. The van der Waals surface area contributed by atoms with Gasteiger partial charge in [0.1, 0.15) is 5.69 Å². The summed E-state index contributed by atoms with van der Waals surface area (Å²) in [5.74, 6) is 0.150. The molecular formula is C22H28N6O3S. The van der Waals surface area contributed by atoms with E-state index in [1.807, 2.05) is 10.7 Å². The lowest BCUT2D eigenvalue weighted by Gasteiger charge is -2.25. The highest BCUT2D eigenvalue weighted by atomic mass is 32.2. The maximum atomic E-state index is 13.6. The number of nitrogens with one attached hydrogen (secondary N) is 1. The van der Waals surface area contributed by atoms with Crippen molar-refractivity contribution in [3.63, 3.8) is 0 Å². The van der Waals surface area contributed by atoms with Crippen LogP contribution in [0.1, 0.15) is 44.6 Å². The lowest BCUT2D eigenvalue weighted by atomic mass is 9.93. The van der Waals surface area contributed by atoms with E-state index in [0.29, 0.717) is 66.0 Å². The van der Waals surface area contributed by atoms with Crippen molar-refractivity contribution in [2.24, 2.45) is 0 Å². The lowest BCUT2D eigenvalue weighted by molar-refractivity contribution is 0.109. The van der Waals surface area contributed by atoms with Crippen LogP contribution in [-0.4, -0.2) is 57.7 Å². The van der Waals surface area contributed by atoms with Gasteiger partial charge in [-0.1, -0.05) is 18.2 Å². The summed E-state index contributed by atoms with van der Waals surface area (Å²) in [7, 11) is -3.53. The molecular weight excluding hydrogens is 428 g/mol. The zero-order chi connectivity index (χ0) is 22.3. The number of nitrogens with zero attached hydrogens (tertiary/aromatic N) is 4. The van der Waals surface area contributed by atoms with Gasteiger partial charge in [-0.3, -0.25) is 0 Å². The lowest BCUT2D eigenvalue weighted by Crippen LogP contribution is -2.35. The number of hydrogen-bond donors (Lipinski definition) is 3. The summed E-state index contributed by atoms with van der Waals surface area (Å²) in [5, 5.41) is 18.3. The van der Waals surface area contributed by atoms with Crippen LogP contribution in [0.2, 0.25) is 0 Å². The first-order valence-corrected chi connectivity index (χ1v) is 12.7. The number of aromatic nitrogens is 4. The number of fused-ring (bicyclic) bond motifs is 1. The SMILES string of the molecule is Nc1ncc2c(-c3ccccc3S(=O)(=O)C3CCNCC3)nn([C@H]3CC[C@H](O)CC3)c2n1. The molecule has 2 aromatic heterocycles. The van der Waals surface area contributed by atoms with Crippen molar-refractivity contribution < 1.29 is 13.5 Å². The quantitative estimate of drug-likeness (QED) is 0.543. The third-order valence-electron chi connectivity index (χ3n) is 6.65. The van der Waals surface area contributed by atoms with Crippen LogP contribution in [0.15, 0.2) is 35.4 Å². The Bertz CT molecular complexity index is 1230. The molecule has 0 unspecified atom stereocenters. The Hall–Kier alpha value is -2.56. The summed E-state index contributed by atoms with van der Waals surface area (Å²) >= 11 is 0. The van der Waals surface area contributed by atoms with E-state index in [9.17, 15) is 13.5 Å². The van der Waals surface area contributed by atoms with Gasteiger partial charge >= 0.3 is 0 Å². The van der Waals surface area contributed by atoms with Crippen LogP contribution in [0.5, 0.6) is 0 Å². The van der Waals surface area contributed by atoms with Gasteiger partial charge < -0.3 is 16.2 Å². The molecule has 9 nitrogen and oxygen atoms in total. The normalized spacial score (nSPS) is 22.9. The van der Waals surface area contributed by atoms with E-state index >= 15 is 0 Å². The summed E-state index contributed by atoms with van der Waals surface area (Å²) < 4.78 is 29.0. The van der Waals surface area contributed by atoms with Gasteiger partial charge in [-0.15, -0.1) is 0 Å². The second-order valence-electron chi connectivity index (χ2n) is 8.71. The third-order valence-corrected chi connectivity index (χ3v) is 8.97. The molecule has 2 fully saturated rings. The van der Waals surface area contributed by atoms with E-state index in [0.717, 1.165) is 12.8 Å². The van der Waals surface area contributed by atoms with Crippen molar-refractivity contribution >= 4 is 26.8 Å². The summed E-state index contributed by atoms with van der Waals surface area (Å²) in [6, 6.07) is 7.13. The summed E-state index contributed by atoms with van der Waals surface area (Å²) in [4.78, 5) is 8.91. The van der Waals surface area contributed by atoms with E-state index in [1.165, 1.54) is 0 Å². The Kier molecular flexibility index (Phi) is 5.60. The first-order chi connectivity index (χ1) is 15.4. The number of rotatable bonds is 4. The number of hydrogen-bond acceptors (Lipinski definition) is 8. The third kappa shape index (κ3) is 3.76. The molecule has 10 heteroatoms. The average molecular weight is 457 g/mol. The fourth-order valence-corrected chi connectivity index (χ4v) is 6.84. The van der Waals surface area contributed by atoms with Gasteiger partial charge in [-0.05, 0) is 57.7 Å². The van der Waals surface area contributed by atoms with Crippen molar-refractivity contribution in [2.75, 3.05) is 18.8 Å². The number of benzene rings is 1. The summed E-state index contributed by atoms with van der Waals surface area (Å²) in [6.07, 6.45) is 5.47. The zero-order valence-electron chi connectivity index (χ0n) is 17.8. The highest BCUT2D eigenvalue weighted by molar-refractivity contribution is 7.92. The van der Waals surface area contributed by atoms with Crippen molar-refractivity contribution in [1.82, 2.24) is 25.1 Å². The van der Waals surface area contributed by atoms with Crippen molar-refractivity contribution in [1.29, 1.82) is 0 Å². The summed E-state index contributed by atoms with van der Waals surface area (Å²) in [5.41, 5.74) is 7.61. The standard InChI is InChI=1S/C22H28N6O3S/c23-22-25-13-18-20(27-28(21(18)26-22)14-5-7-15(29)8-6-14)17-3-1-2-4-19(17)32(30,31)16-9-11-24-12-10-16/h1-4,13-16,24,29H,5-12H2,(H2,23,25,26)/t14-,15-. The van der Waals surface area contributed by atoms with Crippen molar-refractivity contribution in [2.45, 2.75) is 60.8 Å². The molecule has 32 heavy (non-hydrogen) atoms. The number of piperidine rings is 1. The number of aliphatic hydroxyl groups excluding tert-OH is 1. The van der Waals surface area contributed by atoms with E-state index in [2.05, 4.69) is 15.3 Å². The van der Waals surface area contributed by atoms with Crippen LogP contribution in [0.3, 0.4) is 0 Å². The zero-order valence-corrected chi connectivity index (χ0v) is 18.6. The van der Waals surface area contributed by atoms with Crippen LogP contribution in [-0.2, 0) is 9.84 Å². The molecule has 1 saturated heterocycles. The van der Waals surface area contributed by atoms with Gasteiger partial charge in [0.05, 0.1) is 27.7 Å². The van der Waals surface area contributed by atoms with Gasteiger partial charge in [0.25, 0.3) is 0 Å². The minimum atomic E-state index is -3.53. The van der Waals surface area contributed by atoms with Gasteiger partial charge in [-0.2, -0.15) is 10.1 Å². The predicted octanol–water partition coefficient (Wildman–Crippen LogP) is 2.08. The highest BCUT2D eigenvalue weighted by Crippen LogP contribution is 2.37. The first kappa shape index (κ1) is 21.3. The van der Waals surface area contributed by atoms with E-state index in [-0.39, 0.29) is 18.1 Å². The Morgan fingerprint density at radius 3 is 2.53 bits per heavy atom. The van der Waals surface area contributed by atoms with Crippen LogP contribution >= 0.6 is 0 Å². The average Bonchev–Trinajstić information content (AvgIpc) is 3.18. The van der Waals surface area contributed by atoms with E-state index in [1.54, 1.807) is 24.4 Å². The van der Waals surface area contributed by atoms with Crippen molar-refractivity contribution in [3.8, 4) is 11.3 Å². The first-order valence-electron chi connectivity index (χ1n) is 11.2. The molecule has 1 aromatic carbocycles. The molecule has 3 heterocycles. The molecule has 2 aliphatic rings. The molecule has 170 valence electrons. The molecule has 5 rings (SSSR count). The number of nitrogens with two attached hydrogens (primary N) is 1. The number of sulfone groups is 1. The molecule has 1 saturated carbocycles. The maximum Gasteiger partial charge on any atom is 0.222 e. The monoisotopic (exact) mass is 456 g/mol. The van der Waals surface area contributed by atoms with Crippen LogP contribution < -0.4 is 11.1 Å². The Morgan fingerprint density at radius 2 is 1.78 bits per heavy atom. The smallest absolute Gasteiger partial charge is 0.222 e. The second-order valence-corrected chi connectivity index (χ2v) is 10.9. The van der Waals surface area contributed by atoms with Crippen LogP contribution in [0.4, 0.5) is 5.95 Å². The van der Waals surface area contributed by atoms with E-state index in [4.69, 9.17) is 10.8 Å². The fourth-order valence-electron chi connectivity index (χ4n) is 4.89. The van der Waals surface area contributed by atoms with E-state index < -0.39 is 15.1 Å². The molecule has 3 aromatic rings. The van der Waals surface area contributed by atoms with Crippen molar-refractivity contribution in [3.05, 3.63) is 30.5 Å². The topological polar surface area (TPSA) is 136 Å². The Balaban J connectivity index is 1.65. The highest BCUT2D eigenvalue weighted by Gasteiger charge is 2.33. The van der Waals surface area contributed by atoms with Crippen LogP contribution in [0, 0.1) is 0 Å². The van der Waals surface area contributed by atoms with Gasteiger partial charge in [0.15, 0.2) is 15.5 Å². The predicted molar refractivity (Wildman–Crippen MR) is 122 cm³/mol. The largest absolute Gasteiger partial charge is 0.393 e. The molecule has 0 amide bonds. The van der Waals surface area contributed by atoms with Gasteiger partial charge in [0.2, 0.25) is 5.95 Å². The number of anilines is 1. The van der Waals surface area contributed by atoms with Crippen LogP contribution in [0.25, 0.3) is 22.3 Å². The van der Waals surface area contributed by atoms with Gasteiger partial charge in [-0.25, -0.2) is 18.1 Å². The molecule has 0 spiro atoms. The second kappa shape index (κ2) is 8.42. The number of nitrogen functional groups attached to an aromatic ring is 1. The molecule has 0 radical (unpaired) electrons. The van der Waals surface area contributed by atoms with Gasteiger partial charge in [0, 0.05) is 11.8 Å². The number of aliphatic hydroxyl groups is 1. The fraction of sp³-hybridized carbons (Fsp3) is 0.500. The molecule has 1 aliphatic heterocycles.